The minimum atomic E-state index is -1.33. The fraction of sp³-hybridized carbons (Fsp3) is 0.722. The molecule has 4 aliphatic rings. The van der Waals surface area contributed by atoms with E-state index in [0.29, 0.717) is 0 Å². The number of rotatable bonds is 7. The maximum atomic E-state index is 2.92. The third-order valence-electron chi connectivity index (χ3n) is 12.7. The van der Waals surface area contributed by atoms with E-state index in [1.807, 2.05) is 0 Å². The smallest absolute Gasteiger partial charge is 0.358 e. The third-order valence-corrected chi connectivity index (χ3v) is 33.4. The van der Waals surface area contributed by atoms with Crippen molar-refractivity contribution in [3.8, 4) is 0 Å². The summed E-state index contributed by atoms with van der Waals surface area (Å²) in [6.45, 7) is 16.7. The summed E-state index contributed by atoms with van der Waals surface area (Å²) < 4.78 is 0. The van der Waals surface area contributed by atoms with Crippen molar-refractivity contribution in [2.45, 2.75) is 128 Å². The summed E-state index contributed by atoms with van der Waals surface area (Å²) in [6, 6.07) is 11.9. The predicted octanol–water partition coefficient (Wildman–Crippen LogP) is 11.9. The third kappa shape index (κ3) is 7.20. The van der Waals surface area contributed by atoms with Crippen molar-refractivity contribution in [3.63, 3.8) is 0 Å². The Morgan fingerprint density at radius 1 is 0.744 bits per heavy atom. The minimum Gasteiger partial charge on any atom is -0.358 e. The van der Waals surface area contributed by atoms with Gasteiger partial charge in [0, 0.05) is 15.2 Å². The molecular formula is C36H66Si2Zr. The summed E-state index contributed by atoms with van der Waals surface area (Å²) in [5.41, 5.74) is 3.91. The quantitative estimate of drug-likeness (QED) is 0.204. The second kappa shape index (κ2) is 15.8. The van der Waals surface area contributed by atoms with E-state index in [0.717, 1.165) is 52.5 Å². The van der Waals surface area contributed by atoms with Crippen LogP contribution in [0.25, 0.3) is 0 Å². The van der Waals surface area contributed by atoms with Gasteiger partial charge in [-0.1, -0.05) is 122 Å². The molecule has 5 rings (SSSR count). The fourth-order valence-corrected chi connectivity index (χ4v) is 25.3. The Morgan fingerprint density at radius 2 is 1.41 bits per heavy atom. The Hall–Kier alpha value is 0.537. The standard InChI is InChI=1S/C32H54Si2.4CH3.Zr/c1-7-8-13-24-18-19-27(21-24)33(3,4)34(5,6)32-23(2)20-29-30(32)22-26-16-12-17-28(26)31(29)25-14-10-9-11-15-25;;;;;/h9-11,14-15,23-24,26-32H,7-8,12-13,16-22H2,1-6H3;4*1H3;/q;4*-1;+4. The van der Waals surface area contributed by atoms with E-state index in [1.165, 1.54) is 44.9 Å². The molecule has 0 amide bonds. The monoisotopic (exact) mass is 644 g/mol. The molecule has 0 radical (unpaired) electrons. The van der Waals surface area contributed by atoms with E-state index in [4.69, 9.17) is 0 Å². The van der Waals surface area contributed by atoms with Gasteiger partial charge >= 0.3 is 26.2 Å². The average Bonchev–Trinajstić information content (AvgIpc) is 3.54. The molecule has 0 saturated heterocycles. The molecule has 39 heavy (non-hydrogen) atoms. The second-order valence-corrected chi connectivity index (χ2v) is 30.7. The first kappa shape index (κ1) is 39.5. The van der Waals surface area contributed by atoms with Gasteiger partial charge in [0.2, 0.25) is 0 Å². The molecule has 4 aliphatic carbocycles. The summed E-state index contributed by atoms with van der Waals surface area (Å²) in [7, 11) is -2.59. The van der Waals surface area contributed by atoms with E-state index in [-0.39, 0.29) is 55.9 Å². The van der Waals surface area contributed by atoms with Crippen molar-refractivity contribution >= 4 is 15.2 Å². The zero-order valence-electron chi connectivity index (χ0n) is 27.9. The summed E-state index contributed by atoms with van der Waals surface area (Å²) in [5.74, 6) is 6.90. The molecule has 0 heterocycles. The molecule has 0 aromatic heterocycles. The van der Waals surface area contributed by atoms with Crippen LogP contribution in [0, 0.1) is 65.2 Å². The minimum absolute atomic E-state index is 0. The predicted molar refractivity (Wildman–Crippen MR) is 180 cm³/mol. The zero-order chi connectivity index (χ0) is 24.1. The SMILES string of the molecule is CCCCC1CCC([Si](C)(C)[Si](C)(C)C2C(C)CC3C2CC2CCCC2C3c2ccccc2)C1.[CH3-].[CH3-].[CH3-].[CH3-].[Zr+4]. The van der Waals surface area contributed by atoms with Crippen molar-refractivity contribution < 1.29 is 26.2 Å². The van der Waals surface area contributed by atoms with E-state index in [1.54, 1.807) is 31.2 Å². The van der Waals surface area contributed by atoms with Gasteiger partial charge in [0.25, 0.3) is 0 Å². The van der Waals surface area contributed by atoms with Crippen molar-refractivity contribution in [2.24, 2.45) is 35.5 Å². The van der Waals surface area contributed by atoms with Crippen molar-refractivity contribution in [2.75, 3.05) is 0 Å². The molecule has 0 aliphatic heterocycles. The van der Waals surface area contributed by atoms with Crippen molar-refractivity contribution in [3.05, 3.63) is 65.6 Å². The van der Waals surface area contributed by atoms with Crippen LogP contribution < -0.4 is 0 Å². The molecular weight excluding hydrogens is 580 g/mol. The Bertz CT molecular complexity index is 821. The number of hydrogen-bond acceptors (Lipinski definition) is 0. The number of unbranched alkanes of at least 4 members (excludes halogenated alkanes) is 1. The van der Waals surface area contributed by atoms with E-state index in [2.05, 4.69) is 70.4 Å². The molecule has 0 nitrogen and oxygen atoms in total. The number of fused-ring (bicyclic) bond motifs is 2. The molecule has 1 aromatic rings. The summed E-state index contributed by atoms with van der Waals surface area (Å²) in [6.07, 6.45) is 16.8. The number of hydrogen-bond donors (Lipinski definition) is 0. The van der Waals surface area contributed by atoms with Crippen LogP contribution in [0.3, 0.4) is 0 Å². The van der Waals surface area contributed by atoms with E-state index >= 15 is 0 Å². The summed E-state index contributed by atoms with van der Waals surface area (Å²) in [4.78, 5) is 0. The van der Waals surface area contributed by atoms with E-state index in [9.17, 15) is 0 Å². The Morgan fingerprint density at radius 3 is 2.05 bits per heavy atom. The zero-order valence-corrected chi connectivity index (χ0v) is 32.3. The Balaban J connectivity index is 0.00000289. The molecule has 9 unspecified atom stereocenters. The molecule has 4 saturated carbocycles. The molecule has 1 aromatic carbocycles. The van der Waals surface area contributed by atoms with Crippen LogP contribution in [0.5, 0.6) is 0 Å². The van der Waals surface area contributed by atoms with Crippen molar-refractivity contribution in [1.29, 1.82) is 0 Å². The summed E-state index contributed by atoms with van der Waals surface area (Å²) >= 11 is 0. The van der Waals surface area contributed by atoms with Gasteiger partial charge in [0.1, 0.15) is 0 Å². The first-order chi connectivity index (χ1) is 16.3. The second-order valence-electron chi connectivity index (χ2n) is 14.6. The van der Waals surface area contributed by atoms with Crippen LogP contribution in [0.4, 0.5) is 0 Å². The van der Waals surface area contributed by atoms with Crippen LogP contribution in [-0.2, 0) is 26.2 Å². The van der Waals surface area contributed by atoms with Gasteiger partial charge in [-0.2, -0.15) is 0 Å². The van der Waals surface area contributed by atoms with Gasteiger partial charge in [0.05, 0.1) is 0 Å². The van der Waals surface area contributed by atoms with Crippen molar-refractivity contribution in [1.82, 2.24) is 0 Å². The van der Waals surface area contributed by atoms with Crippen LogP contribution in [-0.4, -0.2) is 15.2 Å². The van der Waals surface area contributed by atoms with Crippen LogP contribution in [0.2, 0.25) is 37.3 Å². The van der Waals surface area contributed by atoms with Crippen LogP contribution in [0.1, 0.15) is 96.0 Å². The summed E-state index contributed by atoms with van der Waals surface area (Å²) in [5, 5.41) is 0. The molecule has 9 atom stereocenters. The van der Waals surface area contributed by atoms with Gasteiger partial charge in [-0.25, -0.2) is 0 Å². The normalized spacial score (nSPS) is 35.2. The van der Waals surface area contributed by atoms with E-state index < -0.39 is 15.2 Å². The fourth-order valence-electron chi connectivity index (χ4n) is 10.5. The topological polar surface area (TPSA) is 0 Å². The van der Waals surface area contributed by atoms with Crippen LogP contribution >= 0.6 is 0 Å². The molecule has 0 spiro atoms. The Kier molecular flexibility index (Phi) is 16.1. The van der Waals surface area contributed by atoms with Gasteiger partial charge in [-0.05, 0) is 77.3 Å². The molecule has 0 N–H and O–H groups in total. The largest absolute Gasteiger partial charge is 4.00 e. The van der Waals surface area contributed by atoms with Crippen LogP contribution in [0.15, 0.2) is 30.3 Å². The molecule has 222 valence electrons. The first-order valence-corrected chi connectivity index (χ1v) is 22.5. The Labute approximate surface area is 268 Å². The van der Waals surface area contributed by atoms with Gasteiger partial charge in [0.15, 0.2) is 0 Å². The molecule has 0 bridgehead atoms. The maximum absolute atomic E-state index is 2.92. The van der Waals surface area contributed by atoms with Gasteiger partial charge in [-0.3, -0.25) is 0 Å². The molecule has 3 heteroatoms. The first-order valence-electron chi connectivity index (χ1n) is 15.3. The maximum Gasteiger partial charge on any atom is 4.00 e. The van der Waals surface area contributed by atoms with Gasteiger partial charge in [-0.15, -0.1) is 0 Å². The average molecular weight is 646 g/mol. The molecule has 4 fully saturated rings. The number of benzene rings is 1. The van der Waals surface area contributed by atoms with Gasteiger partial charge < -0.3 is 29.7 Å².